The average molecular weight is 446 g/mol. The van der Waals surface area contributed by atoms with Crippen LogP contribution in [-0.2, 0) is 14.8 Å². The molecule has 0 spiro atoms. The second-order valence-corrected chi connectivity index (χ2v) is 7.99. The van der Waals surface area contributed by atoms with Gasteiger partial charge in [0.25, 0.3) is 10.0 Å². The van der Waals surface area contributed by atoms with E-state index in [0.29, 0.717) is 0 Å². The Bertz CT molecular complexity index is 590. The minimum Gasteiger partial charge on any atom is -1.00 e. The van der Waals surface area contributed by atoms with E-state index < -0.39 is 16.0 Å². The molecule has 128 valence electrons. The van der Waals surface area contributed by atoms with Gasteiger partial charge in [-0.25, -0.2) is 17.5 Å². The molecule has 0 saturated heterocycles. The van der Waals surface area contributed by atoms with E-state index in [2.05, 4.69) is 0 Å². The van der Waals surface area contributed by atoms with Crippen LogP contribution in [0.4, 0.5) is 0 Å². The van der Waals surface area contributed by atoms with Gasteiger partial charge in [-0.05, 0) is 12.1 Å². The summed E-state index contributed by atoms with van der Waals surface area (Å²) in [6.07, 6.45) is 0.721. The van der Waals surface area contributed by atoms with Crippen LogP contribution in [0, 0.1) is 0 Å². The first kappa shape index (κ1) is 21.4. The molecule has 1 rings (SSSR count). The van der Waals surface area contributed by atoms with Crippen molar-refractivity contribution in [3.8, 4) is 0 Å². The van der Waals surface area contributed by atoms with Crippen LogP contribution in [0.2, 0.25) is 0 Å². The van der Waals surface area contributed by atoms with Gasteiger partial charge in [0.15, 0.2) is 0 Å². The Morgan fingerprint density at radius 2 is 1.86 bits per heavy atom. The molecule has 0 radical (unpaired) electrons. The van der Waals surface area contributed by atoms with E-state index in [9.17, 15) is 13.2 Å². The van der Waals surface area contributed by atoms with Crippen molar-refractivity contribution in [2.24, 2.45) is 0 Å². The van der Waals surface area contributed by atoms with Crippen molar-refractivity contribution in [3.63, 3.8) is 0 Å². The lowest BCUT2D eigenvalue weighted by Gasteiger charge is -2.23. The molecule has 0 saturated carbocycles. The van der Waals surface area contributed by atoms with Crippen LogP contribution >= 0.6 is 0 Å². The predicted molar refractivity (Wildman–Crippen MR) is 77.4 cm³/mol. The van der Waals surface area contributed by atoms with Crippen molar-refractivity contribution in [3.05, 3.63) is 17.9 Å². The van der Waals surface area contributed by atoms with Crippen molar-refractivity contribution in [2.75, 3.05) is 48.4 Å². The summed E-state index contributed by atoms with van der Waals surface area (Å²) in [7, 11) is 5.25. The molecule has 1 aromatic heterocycles. The molecule has 0 amide bonds. The molecule has 0 unspecified atom stereocenters. The molecular weight excluding hydrogens is 423 g/mol. The molecule has 0 atom stereocenters. The van der Waals surface area contributed by atoms with Crippen LogP contribution in [0.5, 0.6) is 0 Å². The van der Waals surface area contributed by atoms with E-state index in [0.717, 1.165) is 21.8 Å². The van der Waals surface area contributed by atoms with Gasteiger partial charge in [0, 0.05) is 20.5 Å². The van der Waals surface area contributed by atoms with E-state index >= 15 is 0 Å². The molecule has 1 aromatic rings. The number of carbonyl (C=O) groups excluding carboxylic acids is 1. The summed E-state index contributed by atoms with van der Waals surface area (Å²) in [6, 6.07) is 2.55. The average Bonchev–Trinajstić information content (AvgIpc) is 2.83. The number of furan rings is 1. The van der Waals surface area contributed by atoms with Gasteiger partial charge in [-0.2, -0.15) is 0 Å². The first-order valence-electron chi connectivity index (χ1n) is 6.54. The number of hydrogen-bond donors (Lipinski definition) is 0. The van der Waals surface area contributed by atoms with Gasteiger partial charge in [0.05, 0.1) is 34.3 Å². The minimum atomic E-state index is -3.68. The number of esters is 1. The Kier molecular flexibility index (Phi) is 8.03. The van der Waals surface area contributed by atoms with Crippen LogP contribution in [0.15, 0.2) is 21.6 Å². The van der Waals surface area contributed by atoms with E-state index in [1.165, 1.54) is 26.2 Å². The summed E-state index contributed by atoms with van der Waals surface area (Å²) >= 11 is 0. The van der Waals surface area contributed by atoms with Gasteiger partial charge >= 0.3 is 5.97 Å². The molecule has 22 heavy (non-hydrogen) atoms. The van der Waals surface area contributed by atoms with E-state index in [1.807, 2.05) is 21.1 Å². The molecule has 1 heterocycles. The number of rotatable bonds is 7. The third-order valence-corrected chi connectivity index (χ3v) is 4.41. The molecule has 0 aromatic carbocycles. The fourth-order valence-electron chi connectivity index (χ4n) is 1.52. The van der Waals surface area contributed by atoms with E-state index in [-0.39, 0.29) is 41.4 Å². The number of quaternary nitrogens is 1. The highest BCUT2D eigenvalue weighted by Crippen LogP contribution is 2.17. The van der Waals surface area contributed by atoms with Crippen molar-refractivity contribution in [1.82, 2.24) is 4.31 Å². The lowest BCUT2D eigenvalue weighted by molar-refractivity contribution is -0.870. The quantitative estimate of drug-likeness (QED) is 0.206. The Hall–Kier alpha value is -0.650. The second kappa shape index (κ2) is 8.27. The van der Waals surface area contributed by atoms with E-state index in [4.69, 9.17) is 9.15 Å². The second-order valence-electron chi connectivity index (χ2n) is 5.91. The third kappa shape index (κ3) is 6.23. The molecule has 0 bridgehead atoms. The molecular formula is C13H23IN2O5S. The van der Waals surface area contributed by atoms with Crippen molar-refractivity contribution in [1.29, 1.82) is 0 Å². The monoisotopic (exact) mass is 446 g/mol. The fourth-order valence-corrected chi connectivity index (χ4v) is 2.32. The first-order valence-corrected chi connectivity index (χ1v) is 7.98. The lowest BCUT2D eigenvalue weighted by atomic mass is 10.4. The Labute approximate surface area is 148 Å². The van der Waals surface area contributed by atoms with Gasteiger partial charge < -0.3 is 37.6 Å². The summed E-state index contributed by atoms with van der Waals surface area (Å²) in [4.78, 5) is 11.7. The number of ether oxygens (including phenoxy) is 1. The topological polar surface area (TPSA) is 76.8 Å². The zero-order valence-corrected chi connectivity index (χ0v) is 16.5. The maximum Gasteiger partial charge on any atom is 0.374 e. The predicted octanol–water partition coefficient (Wildman–Crippen LogP) is -2.21. The largest absolute Gasteiger partial charge is 1.00 e. The molecule has 0 N–H and O–H groups in total. The molecule has 9 heteroatoms. The molecule has 0 fully saturated rings. The molecule has 0 aliphatic carbocycles. The van der Waals surface area contributed by atoms with Crippen LogP contribution in [0.1, 0.15) is 17.0 Å². The van der Waals surface area contributed by atoms with Crippen LogP contribution in [0.3, 0.4) is 0 Å². The maximum atomic E-state index is 11.8. The highest BCUT2D eigenvalue weighted by Gasteiger charge is 2.24. The summed E-state index contributed by atoms with van der Waals surface area (Å²) in [6.45, 7) is 1.14. The van der Waals surface area contributed by atoms with Crippen molar-refractivity contribution < 1.29 is 50.8 Å². The molecule has 0 aliphatic heterocycles. The molecule has 0 aliphatic rings. The maximum absolute atomic E-state index is 11.8. The van der Waals surface area contributed by atoms with Crippen LogP contribution < -0.4 is 24.0 Å². The number of hydrogen-bond acceptors (Lipinski definition) is 5. The lowest BCUT2D eigenvalue weighted by Crippen LogP contribution is -3.00. The van der Waals surface area contributed by atoms with Crippen molar-refractivity contribution in [2.45, 2.75) is 11.5 Å². The SMILES string of the molecule is CN(C)S(=O)(=O)c1ccc(C(=O)OCCC[N+](C)(C)C)o1.[I-]. The van der Waals surface area contributed by atoms with Crippen LogP contribution in [-0.4, -0.2) is 71.6 Å². The zero-order valence-electron chi connectivity index (χ0n) is 13.5. The summed E-state index contributed by atoms with van der Waals surface area (Å²) < 4.78 is 35.6. The Balaban J connectivity index is 0.00000441. The summed E-state index contributed by atoms with van der Waals surface area (Å²) in [5.41, 5.74) is 0. The zero-order chi connectivity index (χ0) is 16.3. The highest BCUT2D eigenvalue weighted by molar-refractivity contribution is 7.88. The van der Waals surface area contributed by atoms with Crippen LogP contribution in [0.25, 0.3) is 0 Å². The van der Waals surface area contributed by atoms with Gasteiger partial charge in [-0.3, -0.25) is 0 Å². The van der Waals surface area contributed by atoms with Gasteiger partial charge in [-0.1, -0.05) is 0 Å². The normalized spacial score (nSPS) is 12.1. The number of sulfonamides is 1. The van der Waals surface area contributed by atoms with E-state index in [1.54, 1.807) is 0 Å². The van der Waals surface area contributed by atoms with Gasteiger partial charge in [0.2, 0.25) is 10.9 Å². The number of halogens is 1. The molecule has 7 nitrogen and oxygen atoms in total. The van der Waals surface area contributed by atoms with Gasteiger partial charge in [0.1, 0.15) is 0 Å². The van der Waals surface area contributed by atoms with Crippen molar-refractivity contribution >= 4 is 16.0 Å². The number of nitrogens with zero attached hydrogens (tertiary/aromatic N) is 2. The summed E-state index contributed by atoms with van der Waals surface area (Å²) in [5, 5.41) is -0.272. The standard InChI is InChI=1S/C13H23N2O5S.HI/c1-14(2)21(17,18)12-8-7-11(20-12)13(16)19-10-6-9-15(3,4)5;/h7-8H,6,9-10H2,1-5H3;1H/q+1;/p-1. The Morgan fingerprint density at radius 1 is 1.27 bits per heavy atom. The third-order valence-electron chi connectivity index (χ3n) is 2.72. The first-order chi connectivity index (χ1) is 9.54. The smallest absolute Gasteiger partial charge is 0.374 e. The Morgan fingerprint density at radius 3 is 2.36 bits per heavy atom. The number of carbonyl (C=O) groups is 1. The summed E-state index contributed by atoms with van der Waals surface area (Å²) in [5.74, 6) is -0.766. The highest BCUT2D eigenvalue weighted by atomic mass is 127. The van der Waals surface area contributed by atoms with Gasteiger partial charge in [-0.15, -0.1) is 0 Å². The minimum absolute atomic E-state index is 0. The fraction of sp³-hybridized carbons (Fsp3) is 0.615.